The van der Waals surface area contributed by atoms with Crippen molar-refractivity contribution in [3.8, 4) is 0 Å². The molecule has 0 aromatic heterocycles. The molecule has 0 bridgehead atoms. The van der Waals surface area contributed by atoms with Crippen molar-refractivity contribution in [3.05, 3.63) is 29.6 Å². The second-order valence-electron chi connectivity index (χ2n) is 6.37. The number of halogens is 1. The maximum absolute atomic E-state index is 13.4. The summed E-state index contributed by atoms with van der Waals surface area (Å²) in [6, 6.07) is 4.75. The molecule has 1 aliphatic heterocycles. The van der Waals surface area contributed by atoms with Gasteiger partial charge in [-0.3, -0.25) is 4.79 Å². The van der Waals surface area contributed by atoms with E-state index in [0.717, 1.165) is 22.6 Å². The van der Waals surface area contributed by atoms with E-state index in [1.54, 1.807) is 23.9 Å². The van der Waals surface area contributed by atoms with Gasteiger partial charge in [-0.2, -0.15) is 0 Å². The van der Waals surface area contributed by atoms with Crippen LogP contribution in [-0.4, -0.2) is 23.7 Å². The molecule has 1 aromatic carbocycles. The lowest BCUT2D eigenvalue weighted by molar-refractivity contribution is -0.121. The molecule has 0 fully saturated rings. The van der Waals surface area contributed by atoms with Crippen LogP contribution in [0, 0.1) is 5.82 Å². The topological polar surface area (TPSA) is 41.1 Å². The first-order chi connectivity index (χ1) is 9.85. The molecule has 21 heavy (non-hydrogen) atoms. The molecule has 3 nitrogen and oxygen atoms in total. The molecule has 5 heteroatoms. The van der Waals surface area contributed by atoms with E-state index in [4.69, 9.17) is 0 Å². The van der Waals surface area contributed by atoms with Crippen LogP contribution in [0.15, 0.2) is 23.1 Å². The average Bonchev–Trinajstić information content (AvgIpc) is 2.38. The zero-order valence-electron chi connectivity index (χ0n) is 12.8. The fraction of sp³-hybridized carbons (Fsp3) is 0.562. The molecule has 1 aliphatic rings. The monoisotopic (exact) mass is 310 g/mol. The first-order valence-corrected chi connectivity index (χ1v) is 8.30. The van der Waals surface area contributed by atoms with E-state index < -0.39 is 0 Å². The Hall–Kier alpha value is -1.07. The molecule has 116 valence electrons. The summed E-state index contributed by atoms with van der Waals surface area (Å²) in [5, 5.41) is 6.32. The largest absolute Gasteiger partial charge is 0.349 e. The van der Waals surface area contributed by atoms with Crippen LogP contribution in [0.4, 0.5) is 4.39 Å². The Balaban J connectivity index is 1.92. The van der Waals surface area contributed by atoms with Gasteiger partial charge in [0.05, 0.1) is 6.04 Å². The first kappa shape index (κ1) is 16.3. The Kier molecular flexibility index (Phi) is 5.27. The Bertz CT molecular complexity index is 513. The lowest BCUT2D eigenvalue weighted by Gasteiger charge is -2.26. The second kappa shape index (κ2) is 6.79. The van der Waals surface area contributed by atoms with Crippen molar-refractivity contribution in [1.82, 2.24) is 10.6 Å². The highest BCUT2D eigenvalue weighted by Gasteiger charge is 2.22. The zero-order valence-corrected chi connectivity index (χ0v) is 13.6. The number of carbonyl (C=O) groups is 1. The van der Waals surface area contributed by atoms with Crippen LogP contribution >= 0.6 is 11.8 Å². The van der Waals surface area contributed by atoms with Crippen LogP contribution in [0.25, 0.3) is 0 Å². The van der Waals surface area contributed by atoms with Gasteiger partial charge >= 0.3 is 0 Å². The smallest absolute Gasteiger partial charge is 0.221 e. The SMILES string of the molecule is CC(C)(C)NCCC(=O)NC1CCSc2ccc(F)cc21. The Morgan fingerprint density at radius 2 is 2.19 bits per heavy atom. The number of nitrogens with one attached hydrogen (secondary N) is 2. The van der Waals surface area contributed by atoms with E-state index in [9.17, 15) is 9.18 Å². The quantitative estimate of drug-likeness (QED) is 0.897. The Morgan fingerprint density at radius 3 is 2.90 bits per heavy atom. The predicted molar refractivity (Wildman–Crippen MR) is 85.0 cm³/mol. The number of benzene rings is 1. The van der Waals surface area contributed by atoms with Crippen LogP contribution in [-0.2, 0) is 4.79 Å². The highest BCUT2D eigenvalue weighted by atomic mass is 32.2. The molecule has 0 saturated heterocycles. The minimum Gasteiger partial charge on any atom is -0.349 e. The fourth-order valence-electron chi connectivity index (χ4n) is 2.33. The number of fused-ring (bicyclic) bond motifs is 1. The molecule has 2 N–H and O–H groups in total. The van der Waals surface area contributed by atoms with Gasteiger partial charge in [0.1, 0.15) is 5.82 Å². The van der Waals surface area contributed by atoms with Crippen molar-refractivity contribution in [3.63, 3.8) is 0 Å². The molecular formula is C16H23FN2OS. The van der Waals surface area contributed by atoms with Gasteiger partial charge in [0.25, 0.3) is 0 Å². The lowest BCUT2D eigenvalue weighted by Crippen LogP contribution is -2.39. The van der Waals surface area contributed by atoms with E-state index in [-0.39, 0.29) is 23.3 Å². The number of amides is 1. The van der Waals surface area contributed by atoms with Gasteiger partial charge in [0.2, 0.25) is 5.91 Å². The molecular weight excluding hydrogens is 287 g/mol. The van der Waals surface area contributed by atoms with Crippen molar-refractivity contribution < 1.29 is 9.18 Å². The van der Waals surface area contributed by atoms with Crippen molar-refractivity contribution in [2.24, 2.45) is 0 Å². The number of carbonyl (C=O) groups excluding carboxylic acids is 1. The van der Waals surface area contributed by atoms with Crippen molar-refractivity contribution in [2.75, 3.05) is 12.3 Å². The van der Waals surface area contributed by atoms with Crippen molar-refractivity contribution in [2.45, 2.75) is 50.1 Å². The van der Waals surface area contributed by atoms with Gasteiger partial charge in [-0.05, 0) is 51.0 Å². The van der Waals surface area contributed by atoms with Crippen LogP contribution in [0.1, 0.15) is 45.2 Å². The standard InChI is InChI=1S/C16H23FN2OS/c1-16(2,3)18-8-6-15(20)19-13-7-9-21-14-5-4-11(17)10-12(13)14/h4-5,10,13,18H,6-9H2,1-3H3,(H,19,20). The normalized spacial score (nSPS) is 18.2. The van der Waals surface area contributed by atoms with Crippen LogP contribution < -0.4 is 10.6 Å². The van der Waals surface area contributed by atoms with E-state index in [1.807, 2.05) is 0 Å². The highest BCUT2D eigenvalue weighted by molar-refractivity contribution is 7.99. The molecule has 0 saturated carbocycles. The summed E-state index contributed by atoms with van der Waals surface area (Å²) in [6.45, 7) is 6.86. The summed E-state index contributed by atoms with van der Waals surface area (Å²) in [7, 11) is 0. The van der Waals surface area contributed by atoms with E-state index in [0.29, 0.717) is 13.0 Å². The summed E-state index contributed by atoms with van der Waals surface area (Å²) in [6.07, 6.45) is 1.28. The number of rotatable bonds is 4. The summed E-state index contributed by atoms with van der Waals surface area (Å²) in [5.41, 5.74) is 0.917. The first-order valence-electron chi connectivity index (χ1n) is 7.32. The van der Waals surface area contributed by atoms with Crippen molar-refractivity contribution in [1.29, 1.82) is 0 Å². The van der Waals surface area contributed by atoms with Crippen LogP contribution in [0.2, 0.25) is 0 Å². The van der Waals surface area contributed by atoms with Gasteiger partial charge in [-0.1, -0.05) is 0 Å². The van der Waals surface area contributed by atoms with Gasteiger partial charge in [0, 0.05) is 29.2 Å². The van der Waals surface area contributed by atoms with Gasteiger partial charge in [-0.15, -0.1) is 11.8 Å². The summed E-state index contributed by atoms with van der Waals surface area (Å²) < 4.78 is 13.4. The average molecular weight is 310 g/mol. The fourth-order valence-corrected chi connectivity index (χ4v) is 3.44. The molecule has 1 atom stereocenters. The van der Waals surface area contributed by atoms with Gasteiger partial charge in [-0.25, -0.2) is 4.39 Å². The molecule has 0 aliphatic carbocycles. The second-order valence-corrected chi connectivity index (χ2v) is 7.50. The highest BCUT2D eigenvalue weighted by Crippen LogP contribution is 2.36. The molecule has 2 rings (SSSR count). The van der Waals surface area contributed by atoms with Gasteiger partial charge < -0.3 is 10.6 Å². The summed E-state index contributed by atoms with van der Waals surface area (Å²) in [5.74, 6) is 0.716. The minimum absolute atomic E-state index is 0.0114. The number of hydrogen-bond donors (Lipinski definition) is 2. The van der Waals surface area contributed by atoms with E-state index >= 15 is 0 Å². The van der Waals surface area contributed by atoms with Crippen LogP contribution in [0.3, 0.4) is 0 Å². The number of hydrogen-bond acceptors (Lipinski definition) is 3. The minimum atomic E-state index is -0.245. The maximum Gasteiger partial charge on any atom is 0.221 e. The zero-order chi connectivity index (χ0) is 15.5. The summed E-state index contributed by atoms with van der Waals surface area (Å²) >= 11 is 1.72. The lowest BCUT2D eigenvalue weighted by atomic mass is 10.0. The third-order valence-electron chi connectivity index (χ3n) is 3.35. The summed E-state index contributed by atoms with van der Waals surface area (Å²) in [4.78, 5) is 13.1. The maximum atomic E-state index is 13.4. The molecule has 0 spiro atoms. The third-order valence-corrected chi connectivity index (χ3v) is 4.48. The van der Waals surface area contributed by atoms with Gasteiger partial charge in [0.15, 0.2) is 0 Å². The molecule has 0 radical (unpaired) electrons. The molecule has 1 heterocycles. The molecule has 1 unspecified atom stereocenters. The Labute approximate surface area is 130 Å². The van der Waals surface area contributed by atoms with E-state index in [2.05, 4.69) is 31.4 Å². The predicted octanol–water partition coefficient (Wildman–Crippen LogP) is 3.26. The molecule has 1 amide bonds. The molecule has 1 aromatic rings. The van der Waals surface area contributed by atoms with Crippen LogP contribution in [0.5, 0.6) is 0 Å². The Morgan fingerprint density at radius 1 is 1.43 bits per heavy atom. The van der Waals surface area contributed by atoms with E-state index in [1.165, 1.54) is 6.07 Å². The number of thioether (sulfide) groups is 1. The third kappa shape index (κ3) is 5.00. The van der Waals surface area contributed by atoms with Crippen molar-refractivity contribution >= 4 is 17.7 Å².